The molecule has 1 fully saturated rings. The Kier molecular flexibility index (Phi) is 3.39. The van der Waals surface area contributed by atoms with Crippen LogP contribution in [0.25, 0.3) is 0 Å². The van der Waals surface area contributed by atoms with Crippen molar-refractivity contribution in [3.8, 4) is 0 Å². The summed E-state index contributed by atoms with van der Waals surface area (Å²) in [5.41, 5.74) is -1.20. The van der Waals surface area contributed by atoms with Gasteiger partial charge in [-0.05, 0) is 6.42 Å². The van der Waals surface area contributed by atoms with Crippen molar-refractivity contribution in [1.82, 2.24) is 9.55 Å². The van der Waals surface area contributed by atoms with Gasteiger partial charge in [-0.15, -0.1) is 0 Å². The van der Waals surface area contributed by atoms with Crippen LogP contribution in [-0.4, -0.2) is 27.1 Å². The molecule has 0 unspecified atom stereocenters. The van der Waals surface area contributed by atoms with E-state index >= 15 is 0 Å². The number of nitrogens with zero attached hydrogens (tertiary/aromatic N) is 1. The summed E-state index contributed by atoms with van der Waals surface area (Å²) in [6.07, 6.45) is -0.893. The molecule has 17 heavy (non-hydrogen) atoms. The van der Waals surface area contributed by atoms with Crippen LogP contribution in [0.1, 0.15) is 19.6 Å². The van der Waals surface area contributed by atoms with Gasteiger partial charge in [0.15, 0.2) is 12.4 Å². The van der Waals surface area contributed by atoms with E-state index in [0.717, 1.165) is 10.6 Å². The molecular formula is C10H13FN2O3S. The third-order valence-electron chi connectivity index (χ3n) is 2.82. The molecule has 0 saturated carbocycles. The van der Waals surface area contributed by atoms with E-state index in [2.05, 4.69) is 17.6 Å². The highest BCUT2D eigenvalue weighted by Gasteiger charge is 2.43. The van der Waals surface area contributed by atoms with Gasteiger partial charge in [0.1, 0.15) is 0 Å². The number of hydrogen-bond acceptors (Lipinski definition) is 4. The summed E-state index contributed by atoms with van der Waals surface area (Å²) in [7, 11) is 0. The van der Waals surface area contributed by atoms with E-state index in [1.165, 1.54) is 6.20 Å². The molecule has 0 radical (unpaired) electrons. The van der Waals surface area contributed by atoms with Gasteiger partial charge in [-0.2, -0.15) is 12.6 Å². The molecule has 1 aliphatic rings. The fourth-order valence-corrected chi connectivity index (χ4v) is 2.32. The highest BCUT2D eigenvalue weighted by atomic mass is 32.1. The SMILES string of the molecule is CC[C@H]1O[C@@H](n2ccc(=O)[nH]c2=O)[C@H](F)[C@@H]1S. The van der Waals surface area contributed by atoms with Crippen molar-refractivity contribution in [1.29, 1.82) is 0 Å². The van der Waals surface area contributed by atoms with Crippen LogP contribution >= 0.6 is 12.6 Å². The van der Waals surface area contributed by atoms with Gasteiger partial charge in [-0.3, -0.25) is 14.3 Å². The van der Waals surface area contributed by atoms with Crippen LogP contribution < -0.4 is 11.2 Å². The Hall–Kier alpha value is -1.08. The predicted octanol–water partition coefficient (Wildman–Crippen LogP) is 0.480. The van der Waals surface area contributed by atoms with Gasteiger partial charge in [-0.25, -0.2) is 9.18 Å². The van der Waals surface area contributed by atoms with Crippen molar-refractivity contribution >= 4 is 12.6 Å². The van der Waals surface area contributed by atoms with Crippen LogP contribution in [0.4, 0.5) is 4.39 Å². The van der Waals surface area contributed by atoms with E-state index in [4.69, 9.17) is 4.74 Å². The van der Waals surface area contributed by atoms with Gasteiger partial charge in [0.2, 0.25) is 0 Å². The standard InChI is InChI=1S/C10H13FN2O3S/c1-2-5-8(17)7(11)9(16-5)13-4-3-6(14)12-10(13)15/h3-5,7-9,17H,2H2,1H3,(H,12,14,15)/t5-,7-,8-,9-/m1/s1. The number of rotatable bonds is 2. The van der Waals surface area contributed by atoms with Crippen molar-refractivity contribution in [2.45, 2.75) is 37.1 Å². The first-order valence-corrected chi connectivity index (χ1v) is 5.85. The Bertz CT molecular complexity index is 515. The van der Waals surface area contributed by atoms with Gasteiger partial charge in [0.05, 0.1) is 11.4 Å². The average Bonchev–Trinajstić information content (AvgIpc) is 2.57. The minimum absolute atomic E-state index is 0.336. The Morgan fingerprint density at radius 3 is 2.82 bits per heavy atom. The molecule has 1 aromatic rings. The van der Waals surface area contributed by atoms with Gasteiger partial charge in [0, 0.05) is 12.3 Å². The molecule has 0 aliphatic carbocycles. The summed E-state index contributed by atoms with van der Waals surface area (Å²) in [4.78, 5) is 24.5. The van der Waals surface area contributed by atoms with E-state index in [1.807, 2.05) is 6.92 Å². The lowest BCUT2D eigenvalue weighted by molar-refractivity contribution is -0.0221. The lowest BCUT2D eigenvalue weighted by Gasteiger charge is -2.15. The molecule has 94 valence electrons. The molecule has 0 aromatic carbocycles. The number of nitrogens with one attached hydrogen (secondary N) is 1. The van der Waals surface area contributed by atoms with Crippen LogP contribution in [-0.2, 0) is 4.74 Å². The third kappa shape index (κ3) is 2.16. The van der Waals surface area contributed by atoms with Crippen LogP contribution in [0.2, 0.25) is 0 Å². The maximum Gasteiger partial charge on any atom is 0.330 e. The van der Waals surface area contributed by atoms with Gasteiger partial charge in [-0.1, -0.05) is 6.92 Å². The number of hydrogen-bond donors (Lipinski definition) is 2. The van der Waals surface area contributed by atoms with E-state index < -0.39 is 28.9 Å². The summed E-state index contributed by atoms with van der Waals surface area (Å²) in [6.45, 7) is 1.86. The Morgan fingerprint density at radius 1 is 1.59 bits per heavy atom. The lowest BCUT2D eigenvalue weighted by Crippen LogP contribution is -2.34. The van der Waals surface area contributed by atoms with Crippen molar-refractivity contribution in [2.75, 3.05) is 0 Å². The topological polar surface area (TPSA) is 64.1 Å². The molecular weight excluding hydrogens is 247 g/mol. The zero-order valence-corrected chi connectivity index (χ0v) is 10.1. The number of alkyl halides is 1. The maximum absolute atomic E-state index is 13.9. The fourth-order valence-electron chi connectivity index (χ4n) is 1.89. The normalized spacial score (nSPS) is 32.9. The summed E-state index contributed by atoms with van der Waals surface area (Å²) in [5, 5.41) is -0.566. The maximum atomic E-state index is 13.9. The second-order valence-corrected chi connectivity index (χ2v) is 4.52. The fraction of sp³-hybridized carbons (Fsp3) is 0.600. The summed E-state index contributed by atoms with van der Waals surface area (Å²) in [5.74, 6) is 0. The zero-order valence-electron chi connectivity index (χ0n) is 9.17. The molecule has 0 bridgehead atoms. The first-order chi connectivity index (χ1) is 8.04. The Morgan fingerprint density at radius 2 is 2.29 bits per heavy atom. The highest BCUT2D eigenvalue weighted by Crippen LogP contribution is 2.35. The predicted molar refractivity (Wildman–Crippen MR) is 63.2 cm³/mol. The van der Waals surface area contributed by atoms with Crippen molar-refractivity contribution < 1.29 is 9.13 Å². The van der Waals surface area contributed by atoms with Gasteiger partial charge < -0.3 is 4.74 Å². The Labute approximate surface area is 102 Å². The van der Waals surface area contributed by atoms with Crippen molar-refractivity contribution in [3.05, 3.63) is 33.1 Å². The number of ether oxygens (including phenoxy) is 1. The molecule has 4 atom stereocenters. The van der Waals surface area contributed by atoms with Crippen molar-refractivity contribution in [3.63, 3.8) is 0 Å². The minimum atomic E-state index is -1.38. The van der Waals surface area contributed by atoms with E-state index in [-0.39, 0.29) is 6.10 Å². The highest BCUT2D eigenvalue weighted by molar-refractivity contribution is 7.81. The molecule has 1 N–H and O–H groups in total. The monoisotopic (exact) mass is 260 g/mol. The zero-order chi connectivity index (χ0) is 12.6. The average molecular weight is 260 g/mol. The van der Waals surface area contributed by atoms with E-state index in [9.17, 15) is 14.0 Å². The number of aromatic amines is 1. The third-order valence-corrected chi connectivity index (χ3v) is 3.44. The van der Waals surface area contributed by atoms with Crippen LogP contribution in [0.15, 0.2) is 21.9 Å². The van der Waals surface area contributed by atoms with Crippen LogP contribution in [0, 0.1) is 0 Å². The van der Waals surface area contributed by atoms with E-state index in [1.54, 1.807) is 0 Å². The van der Waals surface area contributed by atoms with Crippen LogP contribution in [0.5, 0.6) is 0 Å². The largest absolute Gasteiger partial charge is 0.350 e. The molecule has 1 aromatic heterocycles. The first kappa shape index (κ1) is 12.4. The molecule has 2 rings (SSSR count). The second kappa shape index (κ2) is 4.66. The first-order valence-electron chi connectivity index (χ1n) is 5.33. The number of thiol groups is 1. The number of halogens is 1. The number of H-pyrrole nitrogens is 1. The van der Waals surface area contributed by atoms with Gasteiger partial charge >= 0.3 is 5.69 Å². The quantitative estimate of drug-likeness (QED) is 0.760. The van der Waals surface area contributed by atoms with Crippen molar-refractivity contribution in [2.24, 2.45) is 0 Å². The van der Waals surface area contributed by atoms with Crippen LogP contribution in [0.3, 0.4) is 0 Å². The molecule has 1 saturated heterocycles. The molecule has 7 heteroatoms. The second-order valence-electron chi connectivity index (χ2n) is 3.93. The smallest absolute Gasteiger partial charge is 0.330 e. The molecule has 0 amide bonds. The molecule has 5 nitrogen and oxygen atoms in total. The number of aromatic nitrogens is 2. The minimum Gasteiger partial charge on any atom is -0.350 e. The summed E-state index contributed by atoms with van der Waals surface area (Å²) in [6, 6.07) is 1.16. The Balaban J connectivity index is 2.35. The van der Waals surface area contributed by atoms with E-state index in [0.29, 0.717) is 6.42 Å². The summed E-state index contributed by atoms with van der Waals surface area (Å²) >= 11 is 4.14. The lowest BCUT2D eigenvalue weighted by atomic mass is 10.1. The van der Waals surface area contributed by atoms with Gasteiger partial charge in [0.25, 0.3) is 5.56 Å². The molecule has 1 aliphatic heterocycles. The molecule has 2 heterocycles. The summed E-state index contributed by atoms with van der Waals surface area (Å²) < 4.78 is 20.4. The molecule has 0 spiro atoms.